The summed E-state index contributed by atoms with van der Waals surface area (Å²) in [5, 5.41) is 5.65. The highest BCUT2D eigenvalue weighted by molar-refractivity contribution is 7.89. The van der Waals surface area contributed by atoms with Crippen molar-refractivity contribution >= 4 is 33.2 Å². The van der Waals surface area contributed by atoms with E-state index in [0.717, 1.165) is 30.5 Å². The normalized spacial score (nSPS) is 19.4. The molecule has 2 aromatic rings. The summed E-state index contributed by atoms with van der Waals surface area (Å²) in [6.07, 6.45) is 3.85. The van der Waals surface area contributed by atoms with Crippen LogP contribution in [0, 0.1) is 5.92 Å². The van der Waals surface area contributed by atoms with Crippen LogP contribution in [-0.2, 0) is 26.0 Å². The van der Waals surface area contributed by atoms with Crippen LogP contribution in [0.15, 0.2) is 53.4 Å². The molecule has 7 nitrogen and oxygen atoms in total. The second-order valence-electron chi connectivity index (χ2n) is 8.10. The van der Waals surface area contributed by atoms with Crippen LogP contribution in [0.4, 0.5) is 11.4 Å². The number of hydrogen-bond donors (Lipinski definition) is 2. The minimum atomic E-state index is -3.66. The van der Waals surface area contributed by atoms with Gasteiger partial charge in [-0.1, -0.05) is 36.8 Å². The number of para-hydroxylation sites is 2. The van der Waals surface area contributed by atoms with Gasteiger partial charge in [-0.05, 0) is 49.4 Å². The minimum absolute atomic E-state index is 0.0837. The molecule has 0 saturated carbocycles. The summed E-state index contributed by atoms with van der Waals surface area (Å²) >= 11 is 0. The van der Waals surface area contributed by atoms with Crippen molar-refractivity contribution in [2.45, 2.75) is 43.4 Å². The highest BCUT2D eigenvalue weighted by Gasteiger charge is 2.29. The van der Waals surface area contributed by atoms with Gasteiger partial charge in [0.2, 0.25) is 21.8 Å². The van der Waals surface area contributed by atoms with Crippen LogP contribution in [-0.4, -0.2) is 37.6 Å². The van der Waals surface area contributed by atoms with Crippen LogP contribution < -0.4 is 10.6 Å². The van der Waals surface area contributed by atoms with Gasteiger partial charge in [0.25, 0.3) is 0 Å². The molecule has 0 aliphatic carbocycles. The van der Waals surface area contributed by atoms with Crippen molar-refractivity contribution in [3.63, 3.8) is 0 Å². The molecule has 8 heteroatoms. The zero-order valence-electron chi connectivity index (χ0n) is 17.3. The molecular weight excluding hydrogens is 414 g/mol. The van der Waals surface area contributed by atoms with Crippen molar-refractivity contribution in [3.8, 4) is 0 Å². The number of piperidine rings is 1. The number of carbonyl (C=O) groups is 2. The first kappa shape index (κ1) is 21.5. The van der Waals surface area contributed by atoms with Crippen molar-refractivity contribution in [3.05, 3.63) is 54.1 Å². The molecule has 1 unspecified atom stereocenters. The van der Waals surface area contributed by atoms with Gasteiger partial charge in [-0.25, -0.2) is 8.42 Å². The SMILES string of the molecule is O=C(CCC1Cc2ccccc2NC1=O)Nc1ccccc1S(=O)(=O)N1CCCCC1. The summed E-state index contributed by atoms with van der Waals surface area (Å²) in [5.74, 6) is -0.666. The molecule has 2 aromatic carbocycles. The number of anilines is 2. The molecule has 1 fully saturated rings. The largest absolute Gasteiger partial charge is 0.326 e. The minimum Gasteiger partial charge on any atom is -0.326 e. The number of carbonyl (C=O) groups excluding carboxylic acids is 2. The lowest BCUT2D eigenvalue weighted by atomic mass is 9.89. The number of amides is 2. The van der Waals surface area contributed by atoms with Crippen molar-refractivity contribution in [1.82, 2.24) is 4.31 Å². The van der Waals surface area contributed by atoms with Gasteiger partial charge in [-0.2, -0.15) is 4.31 Å². The summed E-state index contributed by atoms with van der Waals surface area (Å²) in [6.45, 7) is 1.01. The van der Waals surface area contributed by atoms with Crippen LogP contribution in [0.5, 0.6) is 0 Å². The molecule has 0 spiro atoms. The molecule has 2 aliphatic rings. The number of sulfonamides is 1. The van der Waals surface area contributed by atoms with E-state index < -0.39 is 10.0 Å². The quantitative estimate of drug-likeness (QED) is 0.718. The summed E-state index contributed by atoms with van der Waals surface area (Å²) in [6, 6.07) is 14.2. The molecule has 0 bridgehead atoms. The predicted octanol–water partition coefficient (Wildman–Crippen LogP) is 3.39. The zero-order chi connectivity index (χ0) is 21.8. The van der Waals surface area contributed by atoms with Crippen molar-refractivity contribution in [2.75, 3.05) is 23.7 Å². The molecule has 2 aliphatic heterocycles. The van der Waals surface area contributed by atoms with Crippen LogP contribution in [0.1, 0.15) is 37.7 Å². The van der Waals surface area contributed by atoms with E-state index in [1.54, 1.807) is 18.2 Å². The van der Waals surface area contributed by atoms with Gasteiger partial charge in [-0.3, -0.25) is 9.59 Å². The van der Waals surface area contributed by atoms with Crippen molar-refractivity contribution < 1.29 is 18.0 Å². The van der Waals surface area contributed by atoms with E-state index in [1.165, 1.54) is 10.4 Å². The van der Waals surface area contributed by atoms with E-state index in [2.05, 4.69) is 10.6 Å². The standard InChI is InChI=1S/C23H27N3O4S/c27-22(13-12-18-16-17-8-2-3-9-19(17)25-23(18)28)24-20-10-4-5-11-21(20)31(29,30)26-14-6-1-7-15-26/h2-5,8-11,18H,1,6-7,12-16H2,(H,24,27)(H,25,28). The van der Waals surface area contributed by atoms with Crippen molar-refractivity contribution in [1.29, 1.82) is 0 Å². The third-order valence-electron chi connectivity index (χ3n) is 5.93. The molecule has 2 heterocycles. The van der Waals surface area contributed by atoms with E-state index in [9.17, 15) is 18.0 Å². The Morgan fingerprint density at radius 2 is 1.74 bits per heavy atom. The average Bonchev–Trinajstić information content (AvgIpc) is 2.78. The van der Waals surface area contributed by atoms with Gasteiger partial charge in [0.05, 0.1) is 5.69 Å². The Morgan fingerprint density at radius 3 is 2.55 bits per heavy atom. The average molecular weight is 442 g/mol. The Labute approximate surface area is 182 Å². The Balaban J connectivity index is 1.41. The van der Waals surface area contributed by atoms with Crippen LogP contribution >= 0.6 is 0 Å². The fourth-order valence-electron chi connectivity index (χ4n) is 4.20. The Hall–Kier alpha value is -2.71. The molecule has 1 saturated heterocycles. The molecular formula is C23H27N3O4S. The van der Waals surface area contributed by atoms with Gasteiger partial charge in [0.1, 0.15) is 4.90 Å². The predicted molar refractivity (Wildman–Crippen MR) is 119 cm³/mol. The molecule has 4 rings (SSSR count). The molecule has 2 N–H and O–H groups in total. The van der Waals surface area contributed by atoms with Gasteiger partial charge < -0.3 is 10.6 Å². The fraction of sp³-hybridized carbons (Fsp3) is 0.391. The molecule has 0 radical (unpaired) electrons. The number of nitrogens with zero attached hydrogens (tertiary/aromatic N) is 1. The van der Waals surface area contributed by atoms with Crippen LogP contribution in [0.2, 0.25) is 0 Å². The van der Waals surface area contributed by atoms with E-state index >= 15 is 0 Å². The summed E-state index contributed by atoms with van der Waals surface area (Å²) < 4.78 is 27.6. The van der Waals surface area contributed by atoms with Gasteiger partial charge >= 0.3 is 0 Å². The van der Waals surface area contributed by atoms with E-state index in [0.29, 0.717) is 25.9 Å². The lowest BCUT2D eigenvalue weighted by molar-refractivity contribution is -0.121. The molecule has 1 atom stereocenters. The first-order valence-corrected chi connectivity index (χ1v) is 12.2. The Morgan fingerprint density at radius 1 is 1.03 bits per heavy atom. The first-order chi connectivity index (χ1) is 14.9. The number of fused-ring (bicyclic) bond motifs is 1. The first-order valence-electron chi connectivity index (χ1n) is 10.7. The number of nitrogens with one attached hydrogen (secondary N) is 2. The molecule has 164 valence electrons. The van der Waals surface area contributed by atoms with Crippen molar-refractivity contribution in [2.24, 2.45) is 5.92 Å². The smallest absolute Gasteiger partial charge is 0.245 e. The summed E-state index contributed by atoms with van der Waals surface area (Å²) in [7, 11) is -3.66. The van der Waals surface area contributed by atoms with E-state index in [4.69, 9.17) is 0 Å². The second-order valence-corrected chi connectivity index (χ2v) is 10.0. The van der Waals surface area contributed by atoms with E-state index in [1.807, 2.05) is 24.3 Å². The maximum atomic E-state index is 13.1. The van der Waals surface area contributed by atoms with E-state index in [-0.39, 0.29) is 34.7 Å². The summed E-state index contributed by atoms with van der Waals surface area (Å²) in [4.78, 5) is 25.1. The number of hydrogen-bond acceptors (Lipinski definition) is 4. The number of rotatable bonds is 6. The summed E-state index contributed by atoms with van der Waals surface area (Å²) in [5.41, 5.74) is 2.17. The molecule has 0 aromatic heterocycles. The highest BCUT2D eigenvalue weighted by Crippen LogP contribution is 2.29. The molecule has 2 amide bonds. The van der Waals surface area contributed by atoms with Gasteiger partial charge in [-0.15, -0.1) is 0 Å². The Kier molecular flexibility index (Phi) is 6.38. The fourth-order valence-corrected chi connectivity index (χ4v) is 5.87. The van der Waals surface area contributed by atoms with Crippen LogP contribution in [0.25, 0.3) is 0 Å². The maximum absolute atomic E-state index is 13.1. The van der Waals surface area contributed by atoms with Crippen LogP contribution in [0.3, 0.4) is 0 Å². The highest BCUT2D eigenvalue weighted by atomic mass is 32.2. The third kappa shape index (κ3) is 4.80. The van der Waals surface area contributed by atoms with Gasteiger partial charge in [0, 0.05) is 31.1 Å². The second kappa shape index (κ2) is 9.20. The number of benzene rings is 2. The maximum Gasteiger partial charge on any atom is 0.245 e. The zero-order valence-corrected chi connectivity index (χ0v) is 18.2. The van der Waals surface area contributed by atoms with Gasteiger partial charge in [0.15, 0.2) is 0 Å². The third-order valence-corrected chi connectivity index (χ3v) is 7.88. The monoisotopic (exact) mass is 441 g/mol. The molecule has 31 heavy (non-hydrogen) atoms. The lowest BCUT2D eigenvalue weighted by Gasteiger charge is -2.27. The lowest BCUT2D eigenvalue weighted by Crippen LogP contribution is -2.36. The Bertz CT molecular complexity index is 1080. The topological polar surface area (TPSA) is 95.6 Å².